The lowest BCUT2D eigenvalue weighted by Crippen LogP contribution is -2.58. The average molecular weight is 340 g/mol. The SMILES string of the molecule is Cc1ccc(CN2CC3(C[C@H](OCc4ccccn4)CS3)C2)cc1. The van der Waals surface area contributed by atoms with Crippen molar-refractivity contribution in [3.63, 3.8) is 0 Å². The second-order valence-electron chi connectivity index (χ2n) is 7.08. The molecule has 0 saturated carbocycles. The van der Waals surface area contributed by atoms with E-state index >= 15 is 0 Å². The molecule has 1 aromatic heterocycles. The van der Waals surface area contributed by atoms with Crippen LogP contribution in [0, 0.1) is 6.92 Å². The number of rotatable bonds is 5. The van der Waals surface area contributed by atoms with E-state index in [1.54, 1.807) is 0 Å². The van der Waals surface area contributed by atoms with Gasteiger partial charge in [0.25, 0.3) is 0 Å². The van der Waals surface area contributed by atoms with E-state index in [1.165, 1.54) is 30.6 Å². The van der Waals surface area contributed by atoms with E-state index in [0.717, 1.165) is 18.0 Å². The van der Waals surface area contributed by atoms with Crippen LogP contribution in [-0.2, 0) is 17.9 Å². The number of likely N-dealkylation sites (tertiary alicyclic amines) is 1. The van der Waals surface area contributed by atoms with Crippen LogP contribution in [0.1, 0.15) is 23.2 Å². The van der Waals surface area contributed by atoms with Crippen molar-refractivity contribution in [1.82, 2.24) is 9.88 Å². The minimum absolute atomic E-state index is 0.374. The monoisotopic (exact) mass is 340 g/mol. The van der Waals surface area contributed by atoms with Gasteiger partial charge in [0.2, 0.25) is 0 Å². The van der Waals surface area contributed by atoms with Gasteiger partial charge < -0.3 is 4.74 Å². The van der Waals surface area contributed by atoms with Gasteiger partial charge in [-0.3, -0.25) is 9.88 Å². The summed E-state index contributed by atoms with van der Waals surface area (Å²) in [5, 5.41) is 0. The molecule has 0 radical (unpaired) electrons. The topological polar surface area (TPSA) is 25.4 Å². The summed E-state index contributed by atoms with van der Waals surface area (Å²) in [5.41, 5.74) is 3.78. The number of hydrogen-bond donors (Lipinski definition) is 0. The van der Waals surface area contributed by atoms with Gasteiger partial charge in [-0.15, -0.1) is 11.8 Å². The highest BCUT2D eigenvalue weighted by Crippen LogP contribution is 2.46. The summed E-state index contributed by atoms with van der Waals surface area (Å²) in [4.78, 5) is 6.89. The quantitative estimate of drug-likeness (QED) is 0.829. The molecule has 2 fully saturated rings. The number of benzene rings is 1. The molecule has 3 heterocycles. The second kappa shape index (κ2) is 6.87. The largest absolute Gasteiger partial charge is 0.371 e. The Balaban J connectivity index is 1.23. The Morgan fingerprint density at radius 1 is 1.21 bits per heavy atom. The van der Waals surface area contributed by atoms with Crippen molar-refractivity contribution in [3.05, 3.63) is 65.5 Å². The standard InChI is InChI=1S/C20H24N2OS/c1-16-5-7-17(8-6-16)11-22-14-20(15-22)10-19(13-24-20)23-12-18-4-2-3-9-21-18/h2-9,19H,10-15H2,1H3/t19-/m0/s1. The summed E-state index contributed by atoms with van der Waals surface area (Å²) in [6.07, 6.45) is 3.38. The Morgan fingerprint density at radius 2 is 2.04 bits per heavy atom. The normalized spacial score (nSPS) is 22.6. The lowest BCUT2D eigenvalue weighted by molar-refractivity contribution is 0.0251. The van der Waals surface area contributed by atoms with Gasteiger partial charge in [-0.05, 0) is 31.0 Å². The van der Waals surface area contributed by atoms with E-state index < -0.39 is 0 Å². The van der Waals surface area contributed by atoms with Crippen LogP contribution in [-0.4, -0.2) is 39.6 Å². The summed E-state index contributed by atoms with van der Waals surface area (Å²) in [6, 6.07) is 14.9. The zero-order valence-corrected chi connectivity index (χ0v) is 15.0. The molecule has 24 heavy (non-hydrogen) atoms. The van der Waals surface area contributed by atoms with Gasteiger partial charge in [0, 0.05) is 36.3 Å². The highest BCUT2D eigenvalue weighted by atomic mass is 32.2. The number of hydrogen-bond acceptors (Lipinski definition) is 4. The molecular formula is C20H24N2OS. The fraction of sp³-hybridized carbons (Fsp3) is 0.450. The molecule has 2 aromatic rings. The molecule has 0 unspecified atom stereocenters. The van der Waals surface area contributed by atoms with Crippen molar-refractivity contribution in [2.75, 3.05) is 18.8 Å². The highest BCUT2D eigenvalue weighted by molar-refractivity contribution is 8.01. The van der Waals surface area contributed by atoms with Crippen LogP contribution in [0.15, 0.2) is 48.7 Å². The summed E-state index contributed by atoms with van der Waals surface area (Å²) in [6.45, 7) is 6.23. The molecule has 2 aliphatic heterocycles. The fourth-order valence-corrected chi connectivity index (χ4v) is 5.25. The van der Waals surface area contributed by atoms with E-state index in [1.807, 2.05) is 24.4 Å². The van der Waals surface area contributed by atoms with Crippen molar-refractivity contribution >= 4 is 11.8 Å². The number of thioether (sulfide) groups is 1. The molecule has 1 spiro atoms. The average Bonchev–Trinajstić information content (AvgIpc) is 3.00. The van der Waals surface area contributed by atoms with E-state index in [2.05, 4.69) is 52.8 Å². The molecule has 0 aliphatic carbocycles. The van der Waals surface area contributed by atoms with Crippen LogP contribution in [0.2, 0.25) is 0 Å². The first-order chi connectivity index (χ1) is 11.7. The summed E-state index contributed by atoms with van der Waals surface area (Å²) < 4.78 is 6.52. The summed E-state index contributed by atoms with van der Waals surface area (Å²) >= 11 is 2.10. The van der Waals surface area contributed by atoms with Gasteiger partial charge >= 0.3 is 0 Å². The maximum Gasteiger partial charge on any atom is 0.0892 e. The number of nitrogens with zero attached hydrogens (tertiary/aromatic N) is 2. The molecule has 126 valence electrons. The smallest absolute Gasteiger partial charge is 0.0892 e. The van der Waals surface area contributed by atoms with Crippen molar-refractivity contribution in [1.29, 1.82) is 0 Å². The zero-order valence-electron chi connectivity index (χ0n) is 14.1. The Morgan fingerprint density at radius 3 is 2.79 bits per heavy atom. The van der Waals surface area contributed by atoms with Crippen molar-refractivity contribution in [3.8, 4) is 0 Å². The third-order valence-electron chi connectivity index (χ3n) is 4.92. The lowest BCUT2D eigenvalue weighted by Gasteiger charge is -2.47. The Hall–Kier alpha value is -1.36. The molecule has 2 saturated heterocycles. The van der Waals surface area contributed by atoms with Crippen molar-refractivity contribution < 1.29 is 4.74 Å². The molecule has 1 aromatic carbocycles. The molecule has 2 aliphatic rings. The van der Waals surface area contributed by atoms with E-state index in [-0.39, 0.29) is 0 Å². The third kappa shape index (κ3) is 3.66. The summed E-state index contributed by atoms with van der Waals surface area (Å²) in [7, 11) is 0. The molecule has 3 nitrogen and oxygen atoms in total. The Labute approximate surface area is 148 Å². The van der Waals surface area contributed by atoms with Gasteiger partial charge in [-0.1, -0.05) is 35.9 Å². The molecule has 0 N–H and O–H groups in total. The first-order valence-electron chi connectivity index (χ1n) is 8.64. The first-order valence-corrected chi connectivity index (χ1v) is 9.63. The molecule has 0 amide bonds. The lowest BCUT2D eigenvalue weighted by atomic mass is 9.92. The van der Waals surface area contributed by atoms with Gasteiger partial charge in [-0.2, -0.15) is 0 Å². The van der Waals surface area contributed by atoms with E-state index in [4.69, 9.17) is 4.74 Å². The van der Waals surface area contributed by atoms with Crippen molar-refractivity contribution in [2.24, 2.45) is 0 Å². The minimum atomic E-state index is 0.374. The number of aromatic nitrogens is 1. The zero-order chi connectivity index (χ0) is 16.4. The van der Waals surface area contributed by atoms with E-state index in [0.29, 0.717) is 17.5 Å². The van der Waals surface area contributed by atoms with Crippen LogP contribution in [0.4, 0.5) is 0 Å². The third-order valence-corrected chi connectivity index (χ3v) is 6.49. The van der Waals surface area contributed by atoms with Gasteiger partial charge in [0.05, 0.1) is 18.4 Å². The number of aryl methyl sites for hydroxylation is 1. The van der Waals surface area contributed by atoms with Crippen LogP contribution in [0.25, 0.3) is 0 Å². The first kappa shape index (κ1) is 16.1. The predicted octanol–water partition coefficient (Wildman–Crippen LogP) is 3.67. The molecule has 0 bridgehead atoms. The molecule has 4 rings (SSSR count). The van der Waals surface area contributed by atoms with E-state index in [9.17, 15) is 0 Å². The Kier molecular flexibility index (Phi) is 4.61. The van der Waals surface area contributed by atoms with Gasteiger partial charge in [0.1, 0.15) is 0 Å². The van der Waals surface area contributed by atoms with Crippen LogP contribution in [0.5, 0.6) is 0 Å². The number of ether oxygens (including phenoxy) is 1. The molecule has 1 atom stereocenters. The van der Waals surface area contributed by atoms with Crippen LogP contribution in [0.3, 0.4) is 0 Å². The van der Waals surface area contributed by atoms with Gasteiger partial charge in [0.15, 0.2) is 0 Å². The summed E-state index contributed by atoms with van der Waals surface area (Å²) in [5.74, 6) is 1.12. The molecular weight excluding hydrogens is 316 g/mol. The minimum Gasteiger partial charge on any atom is -0.371 e. The predicted molar refractivity (Wildman–Crippen MR) is 99.1 cm³/mol. The Bertz CT molecular complexity index is 668. The highest BCUT2D eigenvalue weighted by Gasteiger charge is 2.49. The van der Waals surface area contributed by atoms with Crippen LogP contribution >= 0.6 is 11.8 Å². The fourth-order valence-electron chi connectivity index (χ4n) is 3.65. The number of pyridine rings is 1. The van der Waals surface area contributed by atoms with Gasteiger partial charge in [-0.25, -0.2) is 0 Å². The maximum absolute atomic E-state index is 6.09. The molecule has 4 heteroatoms. The second-order valence-corrected chi connectivity index (χ2v) is 8.57. The maximum atomic E-state index is 6.09. The van der Waals surface area contributed by atoms with Crippen molar-refractivity contribution in [2.45, 2.75) is 37.3 Å². The van der Waals surface area contributed by atoms with Crippen LogP contribution < -0.4 is 0 Å².